The van der Waals surface area contributed by atoms with Gasteiger partial charge >= 0.3 is 13.6 Å². The molecule has 0 saturated carbocycles. The smallest absolute Gasteiger partial charge is 0.329 e. The molecule has 1 atom stereocenters. The molecule has 0 aliphatic heterocycles. The van der Waals surface area contributed by atoms with E-state index in [0.717, 1.165) is 5.56 Å². The number of carboxylic acids is 1. The number of carbonyl (C=O) groups is 1. The van der Waals surface area contributed by atoms with Crippen LogP contribution >= 0.6 is 19.2 Å². The molecular weight excluding hydrogens is 353 g/mol. The van der Waals surface area contributed by atoms with E-state index in [1.807, 2.05) is 30.3 Å². The molecule has 0 fully saturated rings. The molecule has 6 nitrogen and oxygen atoms in total. The molecule has 1 unspecified atom stereocenters. The van der Waals surface area contributed by atoms with Gasteiger partial charge in [0, 0.05) is 5.56 Å². The van der Waals surface area contributed by atoms with Crippen LogP contribution in [-0.4, -0.2) is 26.9 Å². The summed E-state index contributed by atoms with van der Waals surface area (Å²) in [5, 5.41) is 9.31. The van der Waals surface area contributed by atoms with Crippen LogP contribution in [0.1, 0.15) is 11.1 Å². The Hall–Kier alpha value is -1.69. The second-order valence-electron chi connectivity index (χ2n) is 5.45. The number of nitrogens with two attached hydrogens (primary N) is 1. The van der Waals surface area contributed by atoms with Gasteiger partial charge in [-0.1, -0.05) is 48.0 Å². The maximum atomic E-state index is 11.3. The third-order valence-corrected chi connectivity index (χ3v) is 4.66. The lowest BCUT2D eigenvalue weighted by molar-refractivity contribution is -0.138. The van der Waals surface area contributed by atoms with Crippen LogP contribution in [0.5, 0.6) is 0 Å². The highest BCUT2D eigenvalue weighted by molar-refractivity contribution is 7.50. The molecule has 8 heteroatoms. The molecule has 0 amide bonds. The van der Waals surface area contributed by atoms with E-state index >= 15 is 0 Å². The predicted molar refractivity (Wildman–Crippen MR) is 92.0 cm³/mol. The second kappa shape index (κ2) is 7.47. The van der Waals surface area contributed by atoms with Crippen molar-refractivity contribution in [1.82, 2.24) is 0 Å². The summed E-state index contributed by atoms with van der Waals surface area (Å²) < 4.78 is 11.3. The molecule has 0 heterocycles. The highest BCUT2D eigenvalue weighted by atomic mass is 35.5. The summed E-state index contributed by atoms with van der Waals surface area (Å²) >= 11 is 6.39. The van der Waals surface area contributed by atoms with Gasteiger partial charge in [0.05, 0.1) is 11.2 Å². The summed E-state index contributed by atoms with van der Waals surface area (Å²) in [7, 11) is -4.28. The monoisotopic (exact) mass is 369 g/mol. The first-order valence-corrected chi connectivity index (χ1v) is 9.24. The molecule has 0 aliphatic carbocycles. The summed E-state index contributed by atoms with van der Waals surface area (Å²) in [5.74, 6) is -1.17. The lowest BCUT2D eigenvalue weighted by Gasteiger charge is -2.15. The minimum absolute atomic E-state index is 0.0387. The van der Waals surface area contributed by atoms with Gasteiger partial charge in [0.1, 0.15) is 6.04 Å². The van der Waals surface area contributed by atoms with Crippen molar-refractivity contribution >= 4 is 25.2 Å². The van der Waals surface area contributed by atoms with E-state index in [4.69, 9.17) is 22.4 Å². The largest absolute Gasteiger partial charge is 0.480 e. The van der Waals surface area contributed by atoms with Crippen molar-refractivity contribution in [2.45, 2.75) is 18.6 Å². The SMILES string of the molecule is NC(Cc1cc(CP(=O)(O)O)cc(-c2ccccc2)c1Cl)C(=O)O. The zero-order valence-electron chi connectivity index (χ0n) is 12.6. The first kappa shape index (κ1) is 18.6. The van der Waals surface area contributed by atoms with Gasteiger partial charge in [-0.15, -0.1) is 0 Å². The van der Waals surface area contributed by atoms with Gasteiger partial charge in [0.25, 0.3) is 0 Å². The van der Waals surface area contributed by atoms with Crippen molar-refractivity contribution in [1.29, 1.82) is 0 Å². The Labute approximate surface area is 144 Å². The summed E-state index contributed by atoms with van der Waals surface area (Å²) in [6.07, 6.45) is -0.498. The highest BCUT2D eigenvalue weighted by Gasteiger charge is 2.20. The molecule has 0 radical (unpaired) electrons. The Bertz CT molecular complexity index is 791. The topological polar surface area (TPSA) is 121 Å². The van der Waals surface area contributed by atoms with Gasteiger partial charge in [-0.25, -0.2) is 0 Å². The highest BCUT2D eigenvalue weighted by Crippen LogP contribution is 2.41. The maximum Gasteiger partial charge on any atom is 0.329 e. The zero-order valence-corrected chi connectivity index (χ0v) is 14.2. The minimum Gasteiger partial charge on any atom is -0.480 e. The third kappa shape index (κ3) is 4.90. The molecular formula is C16H17ClNO5P. The first-order valence-electron chi connectivity index (χ1n) is 7.07. The first-order chi connectivity index (χ1) is 11.2. The molecule has 24 heavy (non-hydrogen) atoms. The van der Waals surface area contributed by atoms with Crippen LogP contribution in [0.3, 0.4) is 0 Å². The molecule has 0 aliphatic rings. The average molecular weight is 370 g/mol. The van der Waals surface area contributed by atoms with Crippen LogP contribution in [0.15, 0.2) is 42.5 Å². The number of halogens is 1. The van der Waals surface area contributed by atoms with Gasteiger partial charge in [-0.3, -0.25) is 9.36 Å². The number of carboxylic acid groups (broad SMARTS) is 1. The minimum atomic E-state index is -4.28. The molecule has 0 saturated heterocycles. The van der Waals surface area contributed by atoms with E-state index < -0.39 is 25.8 Å². The lowest BCUT2D eigenvalue weighted by atomic mass is 9.97. The summed E-state index contributed by atoms with van der Waals surface area (Å²) in [6, 6.07) is 11.0. The number of benzene rings is 2. The Morgan fingerprint density at radius 1 is 1.21 bits per heavy atom. The molecule has 0 spiro atoms. The Morgan fingerprint density at radius 3 is 2.38 bits per heavy atom. The van der Waals surface area contributed by atoms with Crippen LogP contribution < -0.4 is 5.73 Å². The Balaban J connectivity index is 2.55. The number of hydrogen-bond donors (Lipinski definition) is 4. The van der Waals surface area contributed by atoms with E-state index in [1.54, 1.807) is 6.07 Å². The van der Waals surface area contributed by atoms with E-state index in [-0.39, 0.29) is 6.42 Å². The maximum absolute atomic E-state index is 11.3. The fraction of sp³-hybridized carbons (Fsp3) is 0.188. The van der Waals surface area contributed by atoms with Gasteiger partial charge in [-0.2, -0.15) is 0 Å². The zero-order chi connectivity index (χ0) is 17.9. The van der Waals surface area contributed by atoms with Crippen molar-refractivity contribution in [3.05, 3.63) is 58.6 Å². The Kier molecular flexibility index (Phi) is 5.80. The van der Waals surface area contributed by atoms with Gasteiger partial charge in [-0.05, 0) is 29.2 Å². The summed E-state index contributed by atoms with van der Waals surface area (Å²) in [4.78, 5) is 29.4. The second-order valence-corrected chi connectivity index (χ2v) is 7.48. The predicted octanol–water partition coefficient (Wildman–Crippen LogP) is 2.64. The standard InChI is InChI=1S/C16H17ClNO5P/c17-15-12(8-14(18)16(19)20)6-10(9-24(21,22)23)7-13(15)11-4-2-1-3-5-11/h1-7,14H,8-9,18H2,(H,19,20)(H2,21,22,23). The van der Waals surface area contributed by atoms with Crippen molar-refractivity contribution in [3.63, 3.8) is 0 Å². The van der Waals surface area contributed by atoms with Crippen LogP contribution in [0.2, 0.25) is 5.02 Å². The molecule has 2 aromatic rings. The molecule has 2 aromatic carbocycles. The number of aliphatic carboxylic acids is 1. The fourth-order valence-corrected chi connectivity index (χ4v) is 3.33. The summed E-state index contributed by atoms with van der Waals surface area (Å²) in [5.41, 5.74) is 7.73. The van der Waals surface area contributed by atoms with Crippen LogP contribution in [-0.2, 0) is 21.9 Å². The normalized spacial score (nSPS) is 12.8. The lowest BCUT2D eigenvalue weighted by Crippen LogP contribution is -2.32. The van der Waals surface area contributed by atoms with Crippen LogP contribution in [0.25, 0.3) is 11.1 Å². The van der Waals surface area contributed by atoms with Gasteiger partial charge in [0.2, 0.25) is 0 Å². The molecule has 128 valence electrons. The van der Waals surface area contributed by atoms with E-state index in [9.17, 15) is 19.1 Å². The summed E-state index contributed by atoms with van der Waals surface area (Å²) in [6.45, 7) is 0. The molecule has 0 aromatic heterocycles. The number of hydrogen-bond acceptors (Lipinski definition) is 3. The fourth-order valence-electron chi connectivity index (χ4n) is 2.38. The average Bonchev–Trinajstić information content (AvgIpc) is 2.49. The quantitative estimate of drug-likeness (QED) is 0.581. The van der Waals surface area contributed by atoms with E-state index in [1.165, 1.54) is 6.07 Å². The third-order valence-electron chi connectivity index (χ3n) is 3.44. The number of rotatable bonds is 6. The van der Waals surface area contributed by atoms with Crippen LogP contribution in [0, 0.1) is 0 Å². The van der Waals surface area contributed by atoms with E-state index in [0.29, 0.717) is 21.7 Å². The van der Waals surface area contributed by atoms with E-state index in [2.05, 4.69) is 0 Å². The van der Waals surface area contributed by atoms with Gasteiger partial charge in [0.15, 0.2) is 0 Å². The Morgan fingerprint density at radius 2 is 1.83 bits per heavy atom. The van der Waals surface area contributed by atoms with Crippen molar-refractivity contribution in [3.8, 4) is 11.1 Å². The molecule has 2 rings (SSSR count). The molecule has 0 bridgehead atoms. The molecule has 5 N–H and O–H groups in total. The van der Waals surface area contributed by atoms with Crippen molar-refractivity contribution in [2.24, 2.45) is 5.73 Å². The van der Waals surface area contributed by atoms with Crippen LogP contribution in [0.4, 0.5) is 0 Å². The van der Waals surface area contributed by atoms with Crippen molar-refractivity contribution < 1.29 is 24.3 Å². The van der Waals surface area contributed by atoms with Gasteiger partial charge < -0.3 is 20.6 Å². The van der Waals surface area contributed by atoms with Crippen molar-refractivity contribution in [2.75, 3.05) is 0 Å².